The lowest BCUT2D eigenvalue weighted by Gasteiger charge is -2.05. The molecule has 0 spiro atoms. The van der Waals surface area contributed by atoms with E-state index in [1.54, 1.807) is 0 Å². The number of halogens is 2. The second kappa shape index (κ2) is 39.5. The molecular formula is C39H78I2. The van der Waals surface area contributed by atoms with E-state index in [0.717, 1.165) is 1.93 Å². The van der Waals surface area contributed by atoms with Crippen LogP contribution in [0.15, 0.2) is 0 Å². The van der Waals surface area contributed by atoms with Gasteiger partial charge in [0.2, 0.25) is 0 Å². The van der Waals surface area contributed by atoms with Crippen LogP contribution in [0.3, 0.4) is 0 Å². The van der Waals surface area contributed by atoms with Gasteiger partial charge in [-0.3, -0.25) is 0 Å². The normalized spacial score (nSPS) is 11.7. The van der Waals surface area contributed by atoms with Crippen molar-refractivity contribution in [3.63, 3.8) is 0 Å². The third-order valence-corrected chi connectivity index (χ3v) is 10.5. The summed E-state index contributed by atoms with van der Waals surface area (Å²) in [5.41, 5.74) is 0. The van der Waals surface area contributed by atoms with Crippen LogP contribution < -0.4 is 0 Å². The maximum atomic E-state index is 2.55. The molecule has 248 valence electrons. The molecule has 0 fully saturated rings. The molecule has 0 rings (SSSR count). The fraction of sp³-hybridized carbons (Fsp3) is 1.00. The van der Waals surface area contributed by atoms with E-state index in [1.807, 2.05) is 0 Å². The maximum absolute atomic E-state index is 2.55. The molecule has 0 atom stereocenters. The summed E-state index contributed by atoms with van der Waals surface area (Å²) in [6.45, 7) is 2.31. The molecule has 0 heterocycles. The van der Waals surface area contributed by atoms with Crippen LogP contribution in [0.2, 0.25) is 0 Å². The summed E-state index contributed by atoms with van der Waals surface area (Å²) in [4.78, 5) is 0. The summed E-state index contributed by atoms with van der Waals surface area (Å²) in [5, 5.41) is 0. The average molecular weight is 801 g/mol. The second-order valence-corrected chi connectivity index (χ2v) is 18.9. The van der Waals surface area contributed by atoms with Gasteiger partial charge in [-0.05, 0) is 6.42 Å². The van der Waals surface area contributed by atoms with Gasteiger partial charge in [0.05, 0.1) is 1.93 Å². The maximum Gasteiger partial charge on any atom is 0.0626 e. The second-order valence-electron chi connectivity index (χ2n) is 13.6. The van der Waals surface area contributed by atoms with E-state index < -0.39 is 0 Å². The van der Waals surface area contributed by atoms with Gasteiger partial charge in [-0.2, -0.15) is 0 Å². The zero-order chi connectivity index (χ0) is 29.7. The van der Waals surface area contributed by atoms with Crippen molar-refractivity contribution < 1.29 is 0 Å². The van der Waals surface area contributed by atoms with E-state index >= 15 is 0 Å². The number of hydrogen-bond acceptors (Lipinski definition) is 0. The first-order valence-electron chi connectivity index (χ1n) is 19.6. The highest BCUT2D eigenvalue weighted by atomic mass is 127. The fourth-order valence-corrected chi connectivity index (χ4v) is 7.26. The van der Waals surface area contributed by atoms with Crippen LogP contribution >= 0.6 is 45.2 Å². The highest BCUT2D eigenvalue weighted by Gasteiger charge is 1.99. The molecule has 0 aliphatic heterocycles. The molecule has 0 aliphatic carbocycles. The largest absolute Gasteiger partial charge is 0.0710 e. The quantitative estimate of drug-likeness (QED) is 0.0334. The van der Waals surface area contributed by atoms with E-state index in [1.165, 1.54) is 238 Å². The van der Waals surface area contributed by atoms with Gasteiger partial charge in [-0.25, -0.2) is 0 Å². The number of hydrogen-bond donors (Lipinski definition) is 0. The number of rotatable bonds is 37. The summed E-state index contributed by atoms with van der Waals surface area (Å²) >= 11 is 5.09. The van der Waals surface area contributed by atoms with E-state index in [2.05, 4.69) is 52.1 Å². The minimum atomic E-state index is 0.836. The van der Waals surface area contributed by atoms with E-state index in [9.17, 15) is 0 Å². The van der Waals surface area contributed by atoms with Gasteiger partial charge in [-0.1, -0.05) is 283 Å². The Balaban J connectivity index is 3.03. The molecule has 0 aliphatic rings. The zero-order valence-corrected chi connectivity index (χ0v) is 32.8. The van der Waals surface area contributed by atoms with Gasteiger partial charge in [0.1, 0.15) is 0 Å². The Hall–Kier alpha value is 1.46. The lowest BCUT2D eigenvalue weighted by molar-refractivity contribution is 0.510. The van der Waals surface area contributed by atoms with Gasteiger partial charge in [0, 0.05) is 0 Å². The van der Waals surface area contributed by atoms with Crippen molar-refractivity contribution in [2.45, 2.75) is 246 Å². The van der Waals surface area contributed by atoms with Gasteiger partial charge < -0.3 is 0 Å². The zero-order valence-electron chi connectivity index (χ0n) is 28.5. The van der Waals surface area contributed by atoms with Crippen molar-refractivity contribution >= 4 is 45.2 Å². The summed E-state index contributed by atoms with van der Waals surface area (Å²) in [5.74, 6) is 0. The van der Waals surface area contributed by atoms with Gasteiger partial charge in [0.25, 0.3) is 0 Å². The lowest BCUT2D eigenvalue weighted by Crippen LogP contribution is -1.86. The molecule has 0 saturated heterocycles. The number of alkyl halides is 2. The van der Waals surface area contributed by atoms with E-state index in [-0.39, 0.29) is 0 Å². The smallest absolute Gasteiger partial charge is 0.0626 e. The molecule has 0 amide bonds. The first kappa shape index (κ1) is 42.5. The van der Waals surface area contributed by atoms with Crippen molar-refractivity contribution in [2.75, 3.05) is 0 Å². The van der Waals surface area contributed by atoms with Crippen LogP contribution in [0.1, 0.15) is 244 Å². The first-order valence-corrected chi connectivity index (χ1v) is 22.0. The molecule has 0 saturated carbocycles. The summed E-state index contributed by atoms with van der Waals surface area (Å²) in [7, 11) is 0. The predicted octanol–water partition coefficient (Wildman–Crippen LogP) is 16.6. The molecule has 2 heteroatoms. The van der Waals surface area contributed by atoms with Crippen LogP contribution in [-0.2, 0) is 0 Å². The van der Waals surface area contributed by atoms with Crippen molar-refractivity contribution in [2.24, 2.45) is 0 Å². The van der Waals surface area contributed by atoms with E-state index in [4.69, 9.17) is 0 Å². The van der Waals surface area contributed by atoms with Gasteiger partial charge in [-0.15, -0.1) is 0 Å². The van der Waals surface area contributed by atoms with Crippen LogP contribution in [-0.4, -0.2) is 1.93 Å². The third-order valence-electron chi connectivity index (χ3n) is 9.28. The Morgan fingerprint density at radius 3 is 0.537 bits per heavy atom. The van der Waals surface area contributed by atoms with Gasteiger partial charge >= 0.3 is 0 Å². The minimum absolute atomic E-state index is 0.836. The molecular weight excluding hydrogens is 722 g/mol. The number of unbranched alkanes of at least 4 members (excludes halogenated alkanes) is 35. The third kappa shape index (κ3) is 41.5. The average Bonchev–Trinajstić information content (AvgIpc) is 2.97. The fourth-order valence-electron chi connectivity index (χ4n) is 6.38. The van der Waals surface area contributed by atoms with Crippen molar-refractivity contribution in [3.8, 4) is 0 Å². The van der Waals surface area contributed by atoms with Crippen LogP contribution in [0.25, 0.3) is 0 Å². The molecule has 0 nitrogen and oxygen atoms in total. The van der Waals surface area contributed by atoms with Crippen molar-refractivity contribution in [1.29, 1.82) is 0 Å². The van der Waals surface area contributed by atoms with Crippen molar-refractivity contribution in [3.05, 3.63) is 0 Å². The Labute approximate surface area is 289 Å². The Bertz CT molecular complexity index is 435. The minimum Gasteiger partial charge on any atom is -0.0710 e. The highest BCUT2D eigenvalue weighted by molar-refractivity contribution is 14.2. The molecule has 0 aromatic heterocycles. The molecule has 0 N–H and O–H groups in total. The Kier molecular flexibility index (Phi) is 40.9. The predicted molar refractivity (Wildman–Crippen MR) is 208 cm³/mol. The Morgan fingerprint density at radius 2 is 0.390 bits per heavy atom. The standard InChI is InChI=1S/C39H78I2/c1-2-3-4-5-6-7-8-9-10-11-12-13-14-15-16-17-18-19-20-21-22-23-24-25-26-27-28-29-30-31-32-33-34-35-36-37-38-39(40)41/h39H,2-38H2,1H3. The summed E-state index contributed by atoms with van der Waals surface area (Å²) < 4.78 is 0.836. The molecule has 0 unspecified atom stereocenters. The molecule has 0 bridgehead atoms. The van der Waals surface area contributed by atoms with E-state index in [0.29, 0.717) is 0 Å². The van der Waals surface area contributed by atoms with Crippen molar-refractivity contribution in [1.82, 2.24) is 0 Å². The molecule has 0 radical (unpaired) electrons. The topological polar surface area (TPSA) is 0 Å². The van der Waals surface area contributed by atoms with Crippen LogP contribution in [0, 0.1) is 0 Å². The molecule has 0 aromatic rings. The van der Waals surface area contributed by atoms with Crippen LogP contribution in [0.4, 0.5) is 0 Å². The SMILES string of the molecule is CCCCCCCCCCCCCCCCCCCCCCCCCCCCCCCCCCCCCCC(I)I. The van der Waals surface area contributed by atoms with Crippen LogP contribution in [0.5, 0.6) is 0 Å². The molecule has 0 aromatic carbocycles. The highest BCUT2D eigenvalue weighted by Crippen LogP contribution is 2.20. The molecule has 41 heavy (non-hydrogen) atoms. The summed E-state index contributed by atoms with van der Waals surface area (Å²) in [6, 6.07) is 0. The Morgan fingerprint density at radius 1 is 0.244 bits per heavy atom. The summed E-state index contributed by atoms with van der Waals surface area (Å²) in [6.07, 6.45) is 54.8. The van der Waals surface area contributed by atoms with Gasteiger partial charge in [0.15, 0.2) is 0 Å². The monoisotopic (exact) mass is 800 g/mol. The lowest BCUT2D eigenvalue weighted by atomic mass is 10.0. The first-order chi connectivity index (χ1) is 20.3.